The van der Waals surface area contributed by atoms with Crippen molar-refractivity contribution >= 4 is 11.0 Å². The Morgan fingerprint density at radius 3 is 2.56 bits per heavy atom. The number of nitrogens with one attached hydrogen (secondary N) is 1. The third-order valence-electron chi connectivity index (χ3n) is 3.84. The van der Waals surface area contributed by atoms with Crippen LogP contribution in [0.15, 0.2) is 42.7 Å². The van der Waals surface area contributed by atoms with Crippen LogP contribution in [-0.2, 0) is 6.54 Å². The first-order chi connectivity index (χ1) is 13.0. The van der Waals surface area contributed by atoms with Crippen molar-refractivity contribution < 1.29 is 17.9 Å². The first kappa shape index (κ1) is 17.0. The smallest absolute Gasteiger partial charge is 0.406 e. The molecule has 0 unspecified atom stereocenters. The lowest BCUT2D eigenvalue weighted by Crippen LogP contribution is -2.17. The van der Waals surface area contributed by atoms with Crippen molar-refractivity contribution in [3.05, 3.63) is 48.4 Å². The van der Waals surface area contributed by atoms with E-state index in [1.54, 1.807) is 18.5 Å². The highest BCUT2D eigenvalue weighted by molar-refractivity contribution is 5.94. The predicted molar refractivity (Wildman–Crippen MR) is 88.8 cm³/mol. The molecule has 3 heterocycles. The normalized spacial score (nSPS) is 11.9. The summed E-state index contributed by atoms with van der Waals surface area (Å²) in [6.45, 7) is 0.148. The van der Waals surface area contributed by atoms with E-state index in [0.717, 1.165) is 5.56 Å². The molecule has 8 nitrogen and oxygen atoms in total. The minimum absolute atomic E-state index is 0.148. The van der Waals surface area contributed by atoms with E-state index in [4.69, 9.17) is 5.73 Å². The van der Waals surface area contributed by atoms with Gasteiger partial charge in [0.05, 0.1) is 23.0 Å². The van der Waals surface area contributed by atoms with Gasteiger partial charge in [-0.3, -0.25) is 0 Å². The fourth-order valence-corrected chi connectivity index (χ4v) is 2.77. The number of alkyl halides is 3. The van der Waals surface area contributed by atoms with Gasteiger partial charge >= 0.3 is 6.36 Å². The summed E-state index contributed by atoms with van der Waals surface area (Å²) >= 11 is 0. The zero-order valence-electron chi connectivity index (χ0n) is 13.6. The molecule has 4 rings (SSSR count). The Balaban J connectivity index is 1.82. The van der Waals surface area contributed by atoms with Crippen LogP contribution in [0.4, 0.5) is 13.2 Å². The number of hydrogen-bond acceptors (Lipinski definition) is 6. The van der Waals surface area contributed by atoms with E-state index in [9.17, 15) is 13.2 Å². The van der Waals surface area contributed by atoms with Crippen molar-refractivity contribution in [1.29, 1.82) is 0 Å². The maximum absolute atomic E-state index is 12.3. The Morgan fingerprint density at radius 1 is 1.15 bits per heavy atom. The van der Waals surface area contributed by atoms with Gasteiger partial charge in [-0.2, -0.15) is 20.5 Å². The molecule has 27 heavy (non-hydrogen) atoms. The minimum atomic E-state index is -4.75. The Hall–Kier alpha value is -3.47. The average molecular weight is 375 g/mol. The van der Waals surface area contributed by atoms with E-state index < -0.39 is 6.36 Å². The Morgan fingerprint density at radius 2 is 1.93 bits per heavy atom. The van der Waals surface area contributed by atoms with Crippen LogP contribution in [0.1, 0.15) is 5.69 Å². The molecule has 11 heteroatoms. The first-order valence-electron chi connectivity index (χ1n) is 7.75. The van der Waals surface area contributed by atoms with Crippen molar-refractivity contribution in [3.8, 4) is 22.7 Å². The largest absolute Gasteiger partial charge is 0.573 e. The molecule has 0 atom stereocenters. The molecule has 3 N–H and O–H groups in total. The van der Waals surface area contributed by atoms with Gasteiger partial charge in [-0.15, -0.1) is 13.2 Å². The van der Waals surface area contributed by atoms with Crippen LogP contribution in [0.2, 0.25) is 0 Å². The third-order valence-corrected chi connectivity index (χ3v) is 3.84. The number of nitrogens with two attached hydrogens (primary N) is 1. The van der Waals surface area contributed by atoms with Gasteiger partial charge in [-0.1, -0.05) is 0 Å². The second-order valence-corrected chi connectivity index (χ2v) is 5.52. The molecule has 0 saturated heterocycles. The molecule has 0 radical (unpaired) electrons. The number of ether oxygens (including phenoxy) is 1. The van der Waals surface area contributed by atoms with E-state index >= 15 is 0 Å². The van der Waals surface area contributed by atoms with Gasteiger partial charge in [0.15, 0.2) is 5.65 Å². The van der Waals surface area contributed by atoms with Crippen molar-refractivity contribution in [1.82, 2.24) is 30.2 Å². The quantitative estimate of drug-likeness (QED) is 0.568. The predicted octanol–water partition coefficient (Wildman–Crippen LogP) is 2.56. The number of aromatic nitrogens is 6. The fraction of sp³-hybridized carbons (Fsp3) is 0.125. The summed E-state index contributed by atoms with van der Waals surface area (Å²) in [7, 11) is 0. The number of rotatable bonds is 4. The summed E-state index contributed by atoms with van der Waals surface area (Å²) in [4.78, 5) is 4.35. The zero-order valence-corrected chi connectivity index (χ0v) is 13.6. The summed E-state index contributed by atoms with van der Waals surface area (Å²) in [5, 5.41) is 15.6. The Kier molecular flexibility index (Phi) is 4.00. The van der Waals surface area contributed by atoms with Gasteiger partial charge in [0.25, 0.3) is 0 Å². The van der Waals surface area contributed by atoms with Gasteiger partial charge in [0.1, 0.15) is 11.4 Å². The van der Waals surface area contributed by atoms with Gasteiger partial charge in [0, 0.05) is 18.3 Å². The van der Waals surface area contributed by atoms with Gasteiger partial charge in [0.2, 0.25) is 0 Å². The highest BCUT2D eigenvalue weighted by Crippen LogP contribution is 2.30. The van der Waals surface area contributed by atoms with Crippen LogP contribution in [0.3, 0.4) is 0 Å². The zero-order chi connectivity index (χ0) is 19.0. The van der Waals surface area contributed by atoms with Crippen molar-refractivity contribution in [3.63, 3.8) is 0 Å². The Bertz CT molecular complexity index is 1070. The van der Waals surface area contributed by atoms with E-state index in [1.807, 2.05) is 0 Å². The summed E-state index contributed by atoms with van der Waals surface area (Å²) < 4.78 is 42.4. The van der Waals surface area contributed by atoms with E-state index in [1.165, 1.54) is 28.9 Å². The van der Waals surface area contributed by atoms with Gasteiger partial charge < -0.3 is 10.5 Å². The molecule has 138 valence electrons. The summed E-state index contributed by atoms with van der Waals surface area (Å²) in [6, 6.07) is 7.10. The molecule has 0 bridgehead atoms. The number of pyridine rings is 1. The van der Waals surface area contributed by atoms with Gasteiger partial charge in [-0.25, -0.2) is 9.67 Å². The lowest BCUT2D eigenvalue weighted by Gasteiger charge is -2.09. The molecule has 0 aliphatic heterocycles. The number of aromatic amines is 1. The molecule has 0 saturated carbocycles. The highest BCUT2D eigenvalue weighted by atomic mass is 19.4. The molecule has 3 aromatic heterocycles. The first-order valence-corrected chi connectivity index (χ1v) is 7.75. The molecule has 4 aromatic rings. The van der Waals surface area contributed by atoms with Crippen molar-refractivity contribution in [2.45, 2.75) is 12.9 Å². The molecule has 0 aliphatic carbocycles. The average Bonchev–Trinajstić information content (AvgIpc) is 3.29. The number of hydrogen-bond donors (Lipinski definition) is 2. The van der Waals surface area contributed by atoms with Crippen molar-refractivity contribution in [2.75, 3.05) is 0 Å². The van der Waals surface area contributed by atoms with Gasteiger partial charge in [-0.05, 0) is 30.3 Å². The lowest BCUT2D eigenvalue weighted by molar-refractivity contribution is -0.274. The minimum Gasteiger partial charge on any atom is -0.406 e. The van der Waals surface area contributed by atoms with Crippen molar-refractivity contribution in [2.24, 2.45) is 5.73 Å². The lowest BCUT2D eigenvalue weighted by atomic mass is 10.1. The van der Waals surface area contributed by atoms with Crippen LogP contribution < -0.4 is 10.5 Å². The van der Waals surface area contributed by atoms with E-state index in [-0.39, 0.29) is 12.3 Å². The molecule has 0 amide bonds. The summed E-state index contributed by atoms with van der Waals surface area (Å²) in [5.74, 6) is -0.321. The molecule has 0 spiro atoms. The van der Waals surface area contributed by atoms with E-state index in [0.29, 0.717) is 28.1 Å². The number of H-pyrrole nitrogens is 1. The number of halogens is 3. The van der Waals surface area contributed by atoms with Crippen LogP contribution in [0, 0.1) is 0 Å². The van der Waals surface area contributed by atoms with Crippen LogP contribution in [0.25, 0.3) is 28.0 Å². The Labute approximate surface area is 149 Å². The van der Waals surface area contributed by atoms with E-state index in [2.05, 4.69) is 30.2 Å². The number of nitrogens with zero attached hydrogens (tertiary/aromatic N) is 5. The maximum Gasteiger partial charge on any atom is 0.573 e. The SMILES string of the molecule is NCc1nn(-c2ccc(OC(F)(F)F)cc2)c2nccc(-c3cn[nH]n3)c12. The molecule has 0 fully saturated rings. The number of fused-ring (bicyclic) bond motifs is 1. The second kappa shape index (κ2) is 6.36. The third kappa shape index (κ3) is 3.19. The molecular formula is C16H12F3N7O. The fourth-order valence-electron chi connectivity index (χ4n) is 2.77. The second-order valence-electron chi connectivity index (χ2n) is 5.52. The standard InChI is InChI=1S/C16H12F3N7O/c17-16(18,19)27-10-3-1-9(2-4-10)26-15-14(12(7-20)24-26)11(5-6-21-15)13-8-22-25-23-13/h1-6,8H,7,20H2,(H,22,23,25). The van der Waals surface area contributed by atoms with Crippen LogP contribution >= 0.6 is 0 Å². The highest BCUT2D eigenvalue weighted by Gasteiger charge is 2.31. The topological polar surface area (TPSA) is 108 Å². The molecular weight excluding hydrogens is 363 g/mol. The summed E-state index contributed by atoms with van der Waals surface area (Å²) in [6.07, 6.45) is -1.59. The summed E-state index contributed by atoms with van der Waals surface area (Å²) in [5.41, 5.74) is 8.77. The monoisotopic (exact) mass is 375 g/mol. The number of benzene rings is 1. The molecule has 1 aromatic carbocycles. The van der Waals surface area contributed by atoms with Crippen LogP contribution in [-0.4, -0.2) is 36.5 Å². The molecule has 0 aliphatic rings. The van der Waals surface area contributed by atoms with Crippen LogP contribution in [0.5, 0.6) is 5.75 Å². The maximum atomic E-state index is 12.3.